The first-order valence-corrected chi connectivity index (χ1v) is 7.73. The van der Waals surface area contributed by atoms with E-state index in [4.69, 9.17) is 10.9 Å². The quantitative estimate of drug-likeness (QED) is 0.280. The van der Waals surface area contributed by atoms with Gasteiger partial charge in [0.25, 0.3) is 10.2 Å². The maximum absolute atomic E-state index is 12.2. The van der Waals surface area contributed by atoms with Gasteiger partial charge in [0.1, 0.15) is 0 Å². The van der Waals surface area contributed by atoms with Crippen molar-refractivity contribution < 1.29 is 13.6 Å². The molecule has 0 bridgehead atoms. The van der Waals surface area contributed by atoms with Gasteiger partial charge < -0.3 is 10.9 Å². The van der Waals surface area contributed by atoms with Crippen molar-refractivity contribution in [2.75, 3.05) is 13.1 Å². The molecule has 1 unspecified atom stereocenters. The first-order valence-electron chi connectivity index (χ1n) is 6.29. The van der Waals surface area contributed by atoms with Gasteiger partial charge in [-0.2, -0.15) is 17.4 Å². The van der Waals surface area contributed by atoms with E-state index in [1.807, 2.05) is 0 Å². The highest BCUT2D eigenvalue weighted by Crippen LogP contribution is 2.33. The van der Waals surface area contributed by atoms with Crippen molar-refractivity contribution in [3.63, 3.8) is 0 Å². The minimum Gasteiger partial charge on any atom is -0.409 e. The van der Waals surface area contributed by atoms with Crippen LogP contribution in [0.2, 0.25) is 0 Å². The summed E-state index contributed by atoms with van der Waals surface area (Å²) in [5, 5.41) is 11.6. The van der Waals surface area contributed by atoms with Crippen molar-refractivity contribution in [1.82, 2.24) is 9.03 Å². The predicted molar refractivity (Wildman–Crippen MR) is 67.4 cm³/mol. The van der Waals surface area contributed by atoms with Crippen molar-refractivity contribution >= 4 is 16.0 Å². The van der Waals surface area contributed by atoms with Gasteiger partial charge in [-0.15, -0.1) is 0 Å². The fourth-order valence-electron chi connectivity index (χ4n) is 2.23. The lowest BCUT2D eigenvalue weighted by Crippen LogP contribution is -2.52. The molecule has 2 fully saturated rings. The monoisotopic (exact) mass is 276 g/mol. The molecular formula is C10H20N4O3S. The fraction of sp³-hybridized carbons (Fsp3) is 0.900. The topological polar surface area (TPSA) is 108 Å². The lowest BCUT2D eigenvalue weighted by Gasteiger charge is -2.28. The summed E-state index contributed by atoms with van der Waals surface area (Å²) in [4.78, 5) is 0. The number of hydrogen-bond acceptors (Lipinski definition) is 4. The van der Waals surface area contributed by atoms with Crippen LogP contribution in [0, 0.1) is 5.92 Å². The van der Waals surface area contributed by atoms with E-state index in [-0.39, 0.29) is 11.8 Å². The summed E-state index contributed by atoms with van der Waals surface area (Å²) < 4.78 is 28.3. The molecule has 0 aromatic rings. The number of rotatable bonds is 5. The lowest BCUT2D eigenvalue weighted by molar-refractivity contribution is 0.313. The Kier molecular flexibility index (Phi) is 4.08. The first kappa shape index (κ1) is 13.6. The molecule has 0 amide bonds. The molecule has 7 nitrogen and oxygen atoms in total. The summed E-state index contributed by atoms with van der Waals surface area (Å²) in [5.41, 5.74) is 5.55. The van der Waals surface area contributed by atoms with E-state index in [1.54, 1.807) is 0 Å². The average Bonchev–Trinajstić information content (AvgIpc) is 3.20. The lowest BCUT2D eigenvalue weighted by atomic mass is 10.2. The molecule has 0 radical (unpaired) electrons. The first-order chi connectivity index (χ1) is 8.54. The Balaban J connectivity index is 2.05. The number of nitrogens with zero attached hydrogens (tertiary/aromatic N) is 2. The van der Waals surface area contributed by atoms with Crippen LogP contribution >= 0.6 is 0 Å². The Hall–Kier alpha value is -0.860. The molecule has 1 saturated heterocycles. The minimum absolute atomic E-state index is 0.0573. The Morgan fingerprint density at radius 2 is 1.94 bits per heavy atom. The van der Waals surface area contributed by atoms with Gasteiger partial charge in [-0.25, -0.2) is 0 Å². The van der Waals surface area contributed by atoms with E-state index in [0.29, 0.717) is 13.1 Å². The van der Waals surface area contributed by atoms with Crippen molar-refractivity contribution in [3.8, 4) is 0 Å². The third kappa shape index (κ3) is 3.12. The van der Waals surface area contributed by atoms with Crippen molar-refractivity contribution in [2.45, 2.75) is 38.1 Å². The van der Waals surface area contributed by atoms with Gasteiger partial charge in [0.2, 0.25) is 0 Å². The molecule has 4 N–H and O–H groups in total. The van der Waals surface area contributed by atoms with Crippen molar-refractivity contribution in [3.05, 3.63) is 0 Å². The largest absolute Gasteiger partial charge is 0.409 e. The normalized spacial score (nSPS) is 25.0. The number of amidine groups is 1. The standard InChI is InChI=1S/C10H20N4O3S/c11-10(12-15)9(8-4-5-8)13-18(16,17)14-6-2-1-3-7-14/h8-9,13,15H,1-7H2,(H2,11,12). The van der Waals surface area contributed by atoms with Crippen LogP contribution in [0.4, 0.5) is 0 Å². The van der Waals surface area contributed by atoms with Crippen LogP contribution in [0.5, 0.6) is 0 Å². The zero-order valence-electron chi connectivity index (χ0n) is 10.2. The van der Waals surface area contributed by atoms with Crippen LogP contribution < -0.4 is 10.5 Å². The van der Waals surface area contributed by atoms with Crippen molar-refractivity contribution in [1.29, 1.82) is 0 Å². The van der Waals surface area contributed by atoms with E-state index >= 15 is 0 Å². The minimum atomic E-state index is -3.53. The molecule has 104 valence electrons. The summed E-state index contributed by atoms with van der Waals surface area (Å²) in [6.07, 6.45) is 4.66. The third-order valence-corrected chi connectivity index (χ3v) is 5.06. The molecular weight excluding hydrogens is 256 g/mol. The zero-order chi connectivity index (χ0) is 13.2. The van der Waals surface area contributed by atoms with Crippen LogP contribution in [0.3, 0.4) is 0 Å². The molecule has 1 atom stereocenters. The number of oxime groups is 1. The van der Waals surface area contributed by atoms with E-state index < -0.39 is 16.3 Å². The van der Waals surface area contributed by atoms with Gasteiger partial charge in [0, 0.05) is 13.1 Å². The Morgan fingerprint density at radius 3 is 2.44 bits per heavy atom. The van der Waals surface area contributed by atoms with Crippen LogP contribution in [0.1, 0.15) is 32.1 Å². The molecule has 0 aromatic carbocycles. The number of nitrogens with two attached hydrogens (primary N) is 1. The molecule has 1 aliphatic heterocycles. The average molecular weight is 276 g/mol. The predicted octanol–water partition coefficient (Wildman–Crippen LogP) is -0.168. The Labute approximate surface area is 107 Å². The van der Waals surface area contributed by atoms with E-state index in [2.05, 4.69) is 9.88 Å². The second kappa shape index (κ2) is 5.41. The maximum Gasteiger partial charge on any atom is 0.280 e. The summed E-state index contributed by atoms with van der Waals surface area (Å²) in [7, 11) is -3.53. The van der Waals surface area contributed by atoms with Gasteiger partial charge in [-0.05, 0) is 31.6 Å². The van der Waals surface area contributed by atoms with Gasteiger partial charge in [-0.1, -0.05) is 11.6 Å². The second-order valence-electron chi connectivity index (χ2n) is 4.92. The Bertz CT molecular complexity index is 413. The van der Waals surface area contributed by atoms with Crippen molar-refractivity contribution in [2.24, 2.45) is 16.8 Å². The van der Waals surface area contributed by atoms with Gasteiger partial charge in [0.15, 0.2) is 5.84 Å². The molecule has 1 saturated carbocycles. The van der Waals surface area contributed by atoms with Crippen LogP contribution in [-0.4, -0.2) is 42.9 Å². The summed E-state index contributed by atoms with van der Waals surface area (Å²) in [6, 6.07) is -0.582. The number of hydrogen-bond donors (Lipinski definition) is 3. The molecule has 2 aliphatic rings. The number of nitrogens with one attached hydrogen (secondary N) is 1. The Morgan fingerprint density at radius 1 is 1.33 bits per heavy atom. The highest BCUT2D eigenvalue weighted by atomic mass is 32.2. The molecule has 8 heteroatoms. The summed E-state index contributed by atoms with van der Waals surface area (Å²) in [5.74, 6) is 0.0959. The zero-order valence-corrected chi connectivity index (χ0v) is 11.1. The highest BCUT2D eigenvalue weighted by Gasteiger charge is 2.38. The summed E-state index contributed by atoms with van der Waals surface area (Å²) >= 11 is 0. The van der Waals surface area contributed by atoms with Gasteiger partial charge >= 0.3 is 0 Å². The second-order valence-corrected chi connectivity index (χ2v) is 6.62. The number of piperidine rings is 1. The summed E-state index contributed by atoms with van der Waals surface area (Å²) in [6.45, 7) is 1.09. The highest BCUT2D eigenvalue weighted by molar-refractivity contribution is 7.87. The maximum atomic E-state index is 12.2. The van der Waals surface area contributed by atoms with E-state index in [0.717, 1.165) is 32.1 Å². The smallest absolute Gasteiger partial charge is 0.280 e. The fourth-order valence-corrected chi connectivity index (χ4v) is 3.75. The molecule has 1 heterocycles. The molecule has 2 rings (SSSR count). The third-order valence-electron chi connectivity index (χ3n) is 3.46. The van der Waals surface area contributed by atoms with E-state index in [9.17, 15) is 8.42 Å². The molecule has 0 aromatic heterocycles. The van der Waals surface area contributed by atoms with Gasteiger partial charge in [0.05, 0.1) is 6.04 Å². The van der Waals surface area contributed by atoms with Crippen LogP contribution in [-0.2, 0) is 10.2 Å². The van der Waals surface area contributed by atoms with Gasteiger partial charge in [-0.3, -0.25) is 0 Å². The molecule has 0 spiro atoms. The molecule has 1 aliphatic carbocycles. The SMILES string of the molecule is NC(=NO)C(NS(=O)(=O)N1CCCCC1)C1CC1. The van der Waals surface area contributed by atoms with Crippen LogP contribution in [0.15, 0.2) is 5.16 Å². The van der Waals surface area contributed by atoms with E-state index in [1.165, 1.54) is 4.31 Å². The molecule has 18 heavy (non-hydrogen) atoms. The van der Waals surface area contributed by atoms with Crippen LogP contribution in [0.25, 0.3) is 0 Å².